The SMILES string of the molecule is O[C@H]1C[C@@H]2CN(CC3CC3)C[C@@H]2C[C@@H]1n1ccnc1-c1ccccc1. The number of aliphatic hydroxyl groups excluding tert-OH is 1. The second kappa shape index (κ2) is 6.26. The highest BCUT2D eigenvalue weighted by molar-refractivity contribution is 5.55. The summed E-state index contributed by atoms with van der Waals surface area (Å²) in [5.41, 5.74) is 1.13. The molecule has 4 nitrogen and oxygen atoms in total. The van der Waals surface area contributed by atoms with Crippen molar-refractivity contribution in [3.8, 4) is 11.4 Å². The fourth-order valence-corrected chi connectivity index (χ4v) is 5.01. The highest BCUT2D eigenvalue weighted by atomic mass is 16.3. The summed E-state index contributed by atoms with van der Waals surface area (Å²) in [6.07, 6.45) is 8.51. The summed E-state index contributed by atoms with van der Waals surface area (Å²) in [6.45, 7) is 3.70. The van der Waals surface area contributed by atoms with Gasteiger partial charge in [0, 0.05) is 37.6 Å². The molecule has 2 aliphatic carbocycles. The van der Waals surface area contributed by atoms with E-state index < -0.39 is 0 Å². The minimum atomic E-state index is -0.265. The monoisotopic (exact) mass is 337 g/mol. The second-order valence-electron chi connectivity index (χ2n) is 8.31. The van der Waals surface area contributed by atoms with E-state index in [1.54, 1.807) is 0 Å². The van der Waals surface area contributed by atoms with Crippen LogP contribution in [0.1, 0.15) is 31.7 Å². The van der Waals surface area contributed by atoms with Gasteiger partial charge in [-0.1, -0.05) is 30.3 Å². The van der Waals surface area contributed by atoms with Gasteiger partial charge in [0.1, 0.15) is 5.82 Å². The molecule has 1 saturated heterocycles. The maximum Gasteiger partial charge on any atom is 0.140 e. The first kappa shape index (κ1) is 15.6. The first-order valence-corrected chi connectivity index (χ1v) is 9.76. The number of nitrogens with zero attached hydrogens (tertiary/aromatic N) is 3. The molecule has 3 fully saturated rings. The molecule has 0 radical (unpaired) electrons. The molecule has 1 N–H and O–H groups in total. The zero-order chi connectivity index (χ0) is 16.8. The highest BCUT2D eigenvalue weighted by Crippen LogP contribution is 2.43. The lowest BCUT2D eigenvalue weighted by Gasteiger charge is -2.36. The van der Waals surface area contributed by atoms with E-state index in [1.165, 1.54) is 32.5 Å². The molecule has 1 aliphatic heterocycles. The molecule has 0 unspecified atom stereocenters. The Morgan fingerprint density at radius 1 is 1.04 bits per heavy atom. The average Bonchev–Trinajstić information content (AvgIpc) is 3.16. The molecular weight excluding hydrogens is 310 g/mol. The predicted octanol–water partition coefficient (Wildman–Crippen LogP) is 3.20. The van der Waals surface area contributed by atoms with Crippen LogP contribution in [-0.2, 0) is 0 Å². The Morgan fingerprint density at radius 3 is 2.56 bits per heavy atom. The van der Waals surface area contributed by atoms with Crippen LogP contribution in [0.25, 0.3) is 11.4 Å². The van der Waals surface area contributed by atoms with Crippen molar-refractivity contribution in [1.82, 2.24) is 14.5 Å². The third-order valence-corrected chi connectivity index (χ3v) is 6.46. The van der Waals surface area contributed by atoms with E-state index in [2.05, 4.69) is 38.7 Å². The van der Waals surface area contributed by atoms with Crippen LogP contribution >= 0.6 is 0 Å². The van der Waals surface area contributed by atoms with E-state index in [9.17, 15) is 5.11 Å². The van der Waals surface area contributed by atoms with E-state index in [4.69, 9.17) is 0 Å². The van der Waals surface area contributed by atoms with Gasteiger partial charge in [-0.05, 0) is 43.4 Å². The fourth-order valence-electron chi connectivity index (χ4n) is 5.01. The van der Waals surface area contributed by atoms with Gasteiger partial charge in [-0.25, -0.2) is 4.98 Å². The normalized spacial score (nSPS) is 32.7. The van der Waals surface area contributed by atoms with Crippen molar-refractivity contribution in [2.75, 3.05) is 19.6 Å². The Labute approximate surface area is 149 Å². The maximum atomic E-state index is 10.9. The Bertz CT molecular complexity index is 724. The predicted molar refractivity (Wildman–Crippen MR) is 98.1 cm³/mol. The number of aromatic nitrogens is 2. The summed E-state index contributed by atoms with van der Waals surface area (Å²) < 4.78 is 2.22. The van der Waals surface area contributed by atoms with Crippen molar-refractivity contribution in [3.63, 3.8) is 0 Å². The first-order chi connectivity index (χ1) is 12.3. The van der Waals surface area contributed by atoms with Crippen LogP contribution in [0, 0.1) is 17.8 Å². The molecule has 1 aromatic heterocycles. The molecular formula is C21H27N3O. The molecule has 4 heteroatoms. The molecule has 3 aliphatic rings. The molecule has 1 aromatic carbocycles. The zero-order valence-electron chi connectivity index (χ0n) is 14.7. The van der Waals surface area contributed by atoms with E-state index in [0.717, 1.165) is 36.1 Å². The molecule has 2 aromatic rings. The van der Waals surface area contributed by atoms with E-state index in [-0.39, 0.29) is 12.1 Å². The molecule has 2 heterocycles. The third kappa shape index (κ3) is 3.02. The number of rotatable bonds is 4. The first-order valence-electron chi connectivity index (χ1n) is 9.76. The van der Waals surface area contributed by atoms with E-state index in [0.29, 0.717) is 5.92 Å². The molecule has 5 rings (SSSR count). The molecule has 4 atom stereocenters. The van der Waals surface area contributed by atoms with Crippen LogP contribution < -0.4 is 0 Å². The van der Waals surface area contributed by atoms with Gasteiger partial charge in [0.25, 0.3) is 0 Å². The number of imidazole rings is 1. The largest absolute Gasteiger partial charge is 0.391 e. The summed E-state index contributed by atoms with van der Waals surface area (Å²) in [6, 6.07) is 10.5. The Hall–Kier alpha value is -1.65. The second-order valence-corrected chi connectivity index (χ2v) is 8.31. The summed E-state index contributed by atoms with van der Waals surface area (Å²) in [4.78, 5) is 7.25. The fraction of sp³-hybridized carbons (Fsp3) is 0.571. The minimum absolute atomic E-state index is 0.153. The van der Waals surface area contributed by atoms with Gasteiger partial charge in [-0.15, -0.1) is 0 Å². The third-order valence-electron chi connectivity index (χ3n) is 6.46. The molecule has 0 spiro atoms. The van der Waals surface area contributed by atoms with Crippen molar-refractivity contribution in [1.29, 1.82) is 0 Å². The molecule has 132 valence electrons. The lowest BCUT2D eigenvalue weighted by molar-refractivity contribution is 0.0365. The quantitative estimate of drug-likeness (QED) is 0.931. The van der Waals surface area contributed by atoms with E-state index in [1.807, 2.05) is 18.5 Å². The van der Waals surface area contributed by atoms with Crippen molar-refractivity contribution < 1.29 is 5.11 Å². The summed E-state index contributed by atoms with van der Waals surface area (Å²) in [7, 11) is 0. The smallest absolute Gasteiger partial charge is 0.140 e. The summed E-state index contributed by atoms with van der Waals surface area (Å²) >= 11 is 0. The van der Waals surface area contributed by atoms with Gasteiger partial charge in [-0.3, -0.25) is 0 Å². The number of aliphatic hydroxyl groups is 1. The zero-order valence-corrected chi connectivity index (χ0v) is 14.7. The lowest BCUT2D eigenvalue weighted by Crippen LogP contribution is -2.36. The van der Waals surface area contributed by atoms with E-state index >= 15 is 0 Å². The lowest BCUT2D eigenvalue weighted by atomic mass is 9.77. The molecule has 0 amide bonds. The number of hydrogen-bond donors (Lipinski definition) is 1. The minimum Gasteiger partial charge on any atom is -0.391 e. The van der Waals surface area contributed by atoms with Crippen molar-refractivity contribution in [2.45, 2.75) is 37.8 Å². The van der Waals surface area contributed by atoms with Crippen LogP contribution in [0.15, 0.2) is 42.7 Å². The highest BCUT2D eigenvalue weighted by Gasteiger charge is 2.43. The van der Waals surface area contributed by atoms with Crippen LogP contribution in [0.4, 0.5) is 0 Å². The number of fused-ring (bicyclic) bond motifs is 1. The number of benzene rings is 1. The van der Waals surface area contributed by atoms with Crippen LogP contribution in [0.5, 0.6) is 0 Å². The van der Waals surface area contributed by atoms with Crippen molar-refractivity contribution in [3.05, 3.63) is 42.7 Å². The Kier molecular flexibility index (Phi) is 3.90. The Morgan fingerprint density at radius 2 is 1.80 bits per heavy atom. The van der Waals surface area contributed by atoms with Crippen molar-refractivity contribution in [2.24, 2.45) is 17.8 Å². The van der Waals surface area contributed by atoms with Gasteiger partial charge >= 0.3 is 0 Å². The summed E-state index contributed by atoms with van der Waals surface area (Å²) in [5, 5.41) is 10.9. The van der Waals surface area contributed by atoms with Gasteiger partial charge in [0.05, 0.1) is 12.1 Å². The van der Waals surface area contributed by atoms with Crippen molar-refractivity contribution >= 4 is 0 Å². The van der Waals surface area contributed by atoms with Crippen LogP contribution in [0.2, 0.25) is 0 Å². The van der Waals surface area contributed by atoms with Gasteiger partial charge < -0.3 is 14.6 Å². The van der Waals surface area contributed by atoms with Gasteiger partial charge in [-0.2, -0.15) is 0 Å². The summed E-state index contributed by atoms with van der Waals surface area (Å²) in [5.74, 6) is 3.34. The van der Waals surface area contributed by atoms with Crippen LogP contribution in [0.3, 0.4) is 0 Å². The average molecular weight is 337 g/mol. The maximum absolute atomic E-state index is 10.9. The standard InChI is InChI=1S/C21H27N3O/c25-20-11-18-14-23(12-15-6-7-15)13-17(18)10-19(20)24-9-8-22-21(24)16-4-2-1-3-5-16/h1-5,8-9,15,17-20,25H,6-7,10-14H2/t17-,18+,19-,20-/m0/s1. The topological polar surface area (TPSA) is 41.3 Å². The van der Waals surface area contributed by atoms with Crippen LogP contribution in [-0.4, -0.2) is 45.3 Å². The van der Waals surface area contributed by atoms with Gasteiger partial charge in [0.2, 0.25) is 0 Å². The Balaban J connectivity index is 1.36. The molecule has 25 heavy (non-hydrogen) atoms. The van der Waals surface area contributed by atoms with Gasteiger partial charge in [0.15, 0.2) is 0 Å². The number of likely N-dealkylation sites (tertiary alicyclic amines) is 1. The number of hydrogen-bond acceptors (Lipinski definition) is 3. The molecule has 2 saturated carbocycles. The molecule has 0 bridgehead atoms.